The van der Waals surface area contributed by atoms with Gasteiger partial charge < -0.3 is 14.4 Å². The van der Waals surface area contributed by atoms with Gasteiger partial charge >= 0.3 is 19.8 Å². The number of hydrogen-bond acceptors (Lipinski definition) is 7. The third-order valence-electron chi connectivity index (χ3n) is 11.2. The molecule has 0 radical (unpaired) electrons. The van der Waals surface area contributed by atoms with Crippen LogP contribution in [0.15, 0.2) is 24.3 Å². The smallest absolute Gasteiger partial charge is 0.462 e. The van der Waals surface area contributed by atoms with E-state index in [0.717, 1.165) is 39.2 Å². The van der Waals surface area contributed by atoms with Crippen LogP contribution in [0.5, 0.6) is 0 Å². The van der Waals surface area contributed by atoms with Crippen LogP contribution in [0.2, 0.25) is 0 Å². The molecular weight excluding hydrogens is 760 g/mol. The normalized spacial score (nSPS) is 13.4. The van der Waals surface area contributed by atoms with Crippen molar-refractivity contribution in [1.82, 2.24) is 0 Å². The summed E-state index contributed by atoms with van der Waals surface area (Å²) in [5, 5.41) is 0. The van der Waals surface area contributed by atoms with Crippen molar-refractivity contribution in [3.63, 3.8) is 0 Å². The number of esters is 2. The molecule has 0 spiro atoms. The molecule has 9 heteroatoms. The number of unbranched alkanes of at least 4 members (excludes halogenated alkanes) is 32. The molecule has 0 aromatic rings. The Labute approximate surface area is 364 Å². The number of carbonyl (C=O) groups is 2. The lowest BCUT2D eigenvalue weighted by atomic mass is 10.1. The molecule has 0 saturated carbocycles. The predicted molar refractivity (Wildman–Crippen MR) is 249 cm³/mol. The Morgan fingerprint density at radius 3 is 1.10 bits per heavy atom. The van der Waals surface area contributed by atoms with E-state index >= 15 is 0 Å². The van der Waals surface area contributed by atoms with Crippen LogP contribution in [-0.4, -0.2) is 43.3 Å². The Bertz CT molecular complexity index is 1010. The summed E-state index contributed by atoms with van der Waals surface area (Å²) in [4.78, 5) is 34.6. The Balaban J connectivity index is 3.90. The van der Waals surface area contributed by atoms with E-state index in [1.807, 2.05) is 0 Å². The van der Waals surface area contributed by atoms with Crippen molar-refractivity contribution < 1.29 is 37.6 Å². The molecule has 2 atom stereocenters. The van der Waals surface area contributed by atoms with Crippen LogP contribution < -0.4 is 0 Å². The van der Waals surface area contributed by atoms with Crippen molar-refractivity contribution >= 4 is 19.8 Å². The number of carbonyl (C=O) groups excluding carboxylic acids is 2. The largest absolute Gasteiger partial charge is 0.472 e. The van der Waals surface area contributed by atoms with Crippen LogP contribution in [0.25, 0.3) is 0 Å². The van der Waals surface area contributed by atoms with E-state index in [1.54, 1.807) is 0 Å². The topological polar surface area (TPSA) is 108 Å². The molecule has 0 bridgehead atoms. The van der Waals surface area contributed by atoms with Crippen molar-refractivity contribution in [2.24, 2.45) is 0 Å². The summed E-state index contributed by atoms with van der Waals surface area (Å²) in [6, 6.07) is 0. The van der Waals surface area contributed by atoms with E-state index < -0.39 is 26.5 Å². The highest BCUT2D eigenvalue weighted by molar-refractivity contribution is 7.47. The zero-order valence-electron chi connectivity index (χ0n) is 38.9. The van der Waals surface area contributed by atoms with Crippen LogP contribution >= 0.6 is 7.82 Å². The number of hydrogen-bond donors (Lipinski definition) is 1. The Morgan fingerprint density at radius 2 is 0.763 bits per heavy atom. The molecule has 0 aliphatic heterocycles. The first-order valence-electron chi connectivity index (χ1n) is 25.0. The molecule has 8 nitrogen and oxygen atoms in total. The minimum Gasteiger partial charge on any atom is -0.462 e. The first kappa shape index (κ1) is 57.5. The van der Waals surface area contributed by atoms with E-state index in [4.69, 9.17) is 14.0 Å². The summed E-state index contributed by atoms with van der Waals surface area (Å²) in [5.74, 6) is -0.797. The highest BCUT2D eigenvalue weighted by atomic mass is 31.2. The summed E-state index contributed by atoms with van der Waals surface area (Å²) >= 11 is 0. The van der Waals surface area contributed by atoms with E-state index in [9.17, 15) is 19.0 Å². The van der Waals surface area contributed by atoms with Gasteiger partial charge in [-0.3, -0.25) is 18.6 Å². The molecule has 348 valence electrons. The fourth-order valence-electron chi connectivity index (χ4n) is 7.30. The summed E-state index contributed by atoms with van der Waals surface area (Å²) in [5.41, 5.74) is 0. The molecule has 0 aromatic carbocycles. The molecule has 0 aliphatic rings. The lowest BCUT2D eigenvalue weighted by molar-refractivity contribution is -0.161. The zero-order valence-corrected chi connectivity index (χ0v) is 39.8. The third-order valence-corrected chi connectivity index (χ3v) is 12.1. The molecule has 0 aromatic heterocycles. The molecule has 0 fully saturated rings. The highest BCUT2D eigenvalue weighted by Gasteiger charge is 2.24. The molecule has 0 amide bonds. The SMILES string of the molecule is CCCCCCCC/C=C\CCCCCCCCCCCC(=O)OCC(COP(=O)(O)OC)OC(=O)CCCCCCCCCCC/C=C\CCCCCCCCCC. The molecule has 0 saturated heterocycles. The summed E-state index contributed by atoms with van der Waals surface area (Å²) in [6.07, 6.45) is 53.8. The van der Waals surface area contributed by atoms with Gasteiger partial charge in [-0.2, -0.15) is 0 Å². The maximum atomic E-state index is 12.6. The van der Waals surface area contributed by atoms with Crippen molar-refractivity contribution in [2.75, 3.05) is 20.3 Å². The summed E-state index contributed by atoms with van der Waals surface area (Å²) in [7, 11) is -3.20. The molecular formula is C50H95O8P. The van der Waals surface area contributed by atoms with Crippen LogP contribution in [-0.2, 0) is 32.7 Å². The second-order valence-corrected chi connectivity index (χ2v) is 18.5. The Hall–Kier alpha value is -1.47. The first-order valence-corrected chi connectivity index (χ1v) is 26.5. The van der Waals surface area contributed by atoms with Gasteiger partial charge in [0, 0.05) is 20.0 Å². The molecule has 59 heavy (non-hydrogen) atoms. The van der Waals surface area contributed by atoms with Gasteiger partial charge in [0.2, 0.25) is 0 Å². The molecule has 2 unspecified atom stereocenters. The number of ether oxygens (including phenoxy) is 2. The lowest BCUT2D eigenvalue weighted by Crippen LogP contribution is -2.29. The second-order valence-electron chi connectivity index (χ2n) is 16.9. The molecule has 0 heterocycles. The third kappa shape index (κ3) is 45.9. The molecule has 1 N–H and O–H groups in total. The number of phosphoric ester groups is 1. The Kier molecular flexibility index (Phi) is 44.9. The zero-order chi connectivity index (χ0) is 43.2. The fraction of sp³-hybridized carbons (Fsp3) is 0.880. The van der Waals surface area contributed by atoms with Crippen LogP contribution in [0.1, 0.15) is 258 Å². The van der Waals surface area contributed by atoms with Crippen molar-refractivity contribution in [3.8, 4) is 0 Å². The van der Waals surface area contributed by atoms with Crippen LogP contribution in [0.4, 0.5) is 0 Å². The second kappa shape index (κ2) is 46.0. The van der Waals surface area contributed by atoms with Gasteiger partial charge in [-0.1, -0.05) is 205 Å². The highest BCUT2D eigenvalue weighted by Crippen LogP contribution is 2.42. The van der Waals surface area contributed by atoms with Gasteiger partial charge in [-0.05, 0) is 64.2 Å². The van der Waals surface area contributed by atoms with Gasteiger partial charge in [-0.25, -0.2) is 4.57 Å². The fourth-order valence-corrected chi connectivity index (χ4v) is 7.76. The Morgan fingerprint density at radius 1 is 0.458 bits per heavy atom. The van der Waals surface area contributed by atoms with Crippen molar-refractivity contribution in [1.29, 1.82) is 0 Å². The quantitative estimate of drug-likeness (QED) is 0.0279. The maximum Gasteiger partial charge on any atom is 0.472 e. The van der Waals surface area contributed by atoms with Gasteiger partial charge in [0.15, 0.2) is 6.10 Å². The first-order chi connectivity index (χ1) is 28.8. The number of allylic oxidation sites excluding steroid dienone is 4. The average Bonchev–Trinajstić information content (AvgIpc) is 3.23. The maximum absolute atomic E-state index is 12.6. The van der Waals surface area contributed by atoms with E-state index in [1.165, 1.54) is 193 Å². The van der Waals surface area contributed by atoms with Gasteiger partial charge in [0.1, 0.15) is 6.61 Å². The summed E-state index contributed by atoms with van der Waals surface area (Å²) < 4.78 is 32.1. The molecule has 0 rings (SSSR count). The van der Waals surface area contributed by atoms with Crippen LogP contribution in [0, 0.1) is 0 Å². The minimum absolute atomic E-state index is 0.223. The van der Waals surface area contributed by atoms with E-state index in [2.05, 4.69) is 42.7 Å². The standard InChI is InChI=1S/C50H95O8P/c1-4-6-8-10-12-14-16-18-20-22-24-25-27-29-31-33-35-37-39-41-43-45-50(52)58-48(47-57-59(53,54)55-3)46-56-49(51)44-42-40-38-36-34-32-30-28-26-23-21-19-17-15-13-11-9-7-5-2/h19,21-22,24,48H,4-18,20,23,25-47H2,1-3H3,(H,53,54)/b21-19-,24-22-. The monoisotopic (exact) mass is 855 g/mol. The summed E-state index contributed by atoms with van der Waals surface area (Å²) in [6.45, 7) is 3.92. The van der Waals surface area contributed by atoms with E-state index in [0.29, 0.717) is 12.8 Å². The lowest BCUT2D eigenvalue weighted by Gasteiger charge is -2.19. The van der Waals surface area contributed by atoms with Gasteiger partial charge in [-0.15, -0.1) is 0 Å². The van der Waals surface area contributed by atoms with Crippen LogP contribution in [0.3, 0.4) is 0 Å². The van der Waals surface area contributed by atoms with E-state index in [-0.39, 0.29) is 19.0 Å². The predicted octanol–water partition coefficient (Wildman–Crippen LogP) is 16.2. The van der Waals surface area contributed by atoms with Crippen molar-refractivity contribution in [3.05, 3.63) is 24.3 Å². The minimum atomic E-state index is -4.26. The van der Waals surface area contributed by atoms with Crippen molar-refractivity contribution in [2.45, 2.75) is 264 Å². The number of phosphoric acid groups is 1. The van der Waals surface area contributed by atoms with Gasteiger partial charge in [0.05, 0.1) is 6.61 Å². The number of rotatable bonds is 47. The molecule has 0 aliphatic carbocycles. The van der Waals surface area contributed by atoms with Gasteiger partial charge in [0.25, 0.3) is 0 Å². The average molecular weight is 855 g/mol.